The Balaban J connectivity index is 2.18. The third-order valence-electron chi connectivity index (χ3n) is 4.20. The number of nitrogens with one attached hydrogen (secondary N) is 1. The number of allylic oxidation sites excluding steroid dienone is 2. The number of carbonyl (C=O) groups is 1. The number of ether oxygens (including phenoxy) is 2. The summed E-state index contributed by atoms with van der Waals surface area (Å²) >= 11 is 0. The molecule has 2 unspecified atom stereocenters. The Hall–Kier alpha value is -1.07. The van der Waals surface area contributed by atoms with Gasteiger partial charge in [-0.05, 0) is 51.9 Å². The van der Waals surface area contributed by atoms with Crippen molar-refractivity contribution in [1.82, 2.24) is 5.32 Å². The maximum absolute atomic E-state index is 11.8. The lowest BCUT2D eigenvalue weighted by Gasteiger charge is -2.28. The van der Waals surface area contributed by atoms with Gasteiger partial charge < -0.3 is 19.9 Å². The first-order valence-corrected chi connectivity index (χ1v) is 8.44. The van der Waals surface area contributed by atoms with Crippen molar-refractivity contribution in [2.75, 3.05) is 19.8 Å². The second-order valence-corrected chi connectivity index (χ2v) is 6.06. The van der Waals surface area contributed by atoms with Gasteiger partial charge in [0.15, 0.2) is 0 Å². The van der Waals surface area contributed by atoms with E-state index in [-0.39, 0.29) is 24.4 Å². The molecule has 128 valence electrons. The highest BCUT2D eigenvalue weighted by atomic mass is 16.6. The van der Waals surface area contributed by atoms with Gasteiger partial charge in [0.1, 0.15) is 6.10 Å². The van der Waals surface area contributed by atoms with E-state index in [1.807, 2.05) is 13.8 Å². The van der Waals surface area contributed by atoms with Gasteiger partial charge in [-0.1, -0.05) is 19.1 Å². The van der Waals surface area contributed by atoms with E-state index in [2.05, 4.69) is 17.5 Å². The summed E-state index contributed by atoms with van der Waals surface area (Å²) in [6.45, 7) is 4.96. The van der Waals surface area contributed by atoms with Crippen molar-refractivity contribution in [3.63, 3.8) is 0 Å². The molecule has 1 rings (SSSR count). The van der Waals surface area contributed by atoms with Crippen LogP contribution in [0.5, 0.6) is 0 Å². The molecule has 0 saturated carbocycles. The minimum atomic E-state index is -0.362. The predicted octanol–water partition coefficient (Wildman–Crippen LogP) is 3.17. The Kier molecular flexibility index (Phi) is 9.16. The zero-order valence-corrected chi connectivity index (χ0v) is 14.0. The molecule has 1 amide bonds. The molecule has 1 aliphatic carbocycles. The number of hydrogen-bond acceptors (Lipinski definition) is 4. The molecule has 2 N–H and O–H groups in total. The smallest absolute Gasteiger partial charge is 0.407 e. The zero-order valence-electron chi connectivity index (χ0n) is 14.0. The Morgan fingerprint density at radius 3 is 2.86 bits per heavy atom. The molecule has 0 fully saturated rings. The summed E-state index contributed by atoms with van der Waals surface area (Å²) in [5.74, 6) is 0. The molecule has 0 saturated heterocycles. The van der Waals surface area contributed by atoms with Crippen molar-refractivity contribution in [3.8, 4) is 0 Å². The van der Waals surface area contributed by atoms with Crippen LogP contribution in [-0.4, -0.2) is 42.7 Å². The van der Waals surface area contributed by atoms with Crippen LogP contribution in [0.25, 0.3) is 0 Å². The molecule has 5 nitrogen and oxygen atoms in total. The lowest BCUT2D eigenvalue weighted by molar-refractivity contribution is -0.0473. The van der Waals surface area contributed by atoms with Gasteiger partial charge in [0, 0.05) is 13.2 Å². The van der Waals surface area contributed by atoms with E-state index >= 15 is 0 Å². The van der Waals surface area contributed by atoms with E-state index in [1.54, 1.807) is 0 Å². The lowest BCUT2D eigenvalue weighted by Crippen LogP contribution is -2.35. The molecule has 0 aromatic rings. The fourth-order valence-electron chi connectivity index (χ4n) is 2.47. The van der Waals surface area contributed by atoms with Crippen molar-refractivity contribution in [2.24, 2.45) is 0 Å². The standard InChI is InChI=1S/C17H31NO4/c1-3-17(2,11-13-19)21-14-12-18-16(20)22-15-9-7-5-4-6-8-10-15/h4-5,15,19H,3,6-14H2,1-2H3,(H,18,20)/b5-4+. The Morgan fingerprint density at radius 1 is 1.36 bits per heavy atom. The monoisotopic (exact) mass is 313 g/mol. The third-order valence-corrected chi connectivity index (χ3v) is 4.20. The third kappa shape index (κ3) is 7.80. The van der Waals surface area contributed by atoms with Crippen molar-refractivity contribution in [1.29, 1.82) is 0 Å². The Morgan fingerprint density at radius 2 is 2.14 bits per heavy atom. The van der Waals surface area contributed by atoms with Crippen molar-refractivity contribution < 1.29 is 19.4 Å². The second kappa shape index (κ2) is 10.6. The van der Waals surface area contributed by atoms with Gasteiger partial charge in [-0.25, -0.2) is 4.79 Å². The number of amides is 1. The van der Waals surface area contributed by atoms with Crippen molar-refractivity contribution >= 4 is 6.09 Å². The number of aliphatic hydroxyl groups excluding tert-OH is 1. The van der Waals surface area contributed by atoms with Crippen LogP contribution in [0.15, 0.2) is 12.2 Å². The first-order valence-electron chi connectivity index (χ1n) is 8.44. The first-order chi connectivity index (χ1) is 10.6. The molecule has 0 spiro atoms. The summed E-state index contributed by atoms with van der Waals surface area (Å²) in [4.78, 5) is 11.8. The lowest BCUT2D eigenvalue weighted by atomic mass is 9.99. The van der Waals surface area contributed by atoms with Gasteiger partial charge in [0.2, 0.25) is 0 Å². The van der Waals surface area contributed by atoms with E-state index in [1.165, 1.54) is 0 Å². The molecule has 0 aromatic heterocycles. The van der Waals surface area contributed by atoms with E-state index in [9.17, 15) is 4.79 Å². The van der Waals surface area contributed by atoms with Crippen LogP contribution in [0.4, 0.5) is 4.79 Å². The van der Waals surface area contributed by atoms with Gasteiger partial charge in [-0.3, -0.25) is 0 Å². The Bertz CT molecular complexity index is 346. The molecule has 5 heteroatoms. The van der Waals surface area contributed by atoms with Crippen LogP contribution in [-0.2, 0) is 9.47 Å². The molecule has 0 heterocycles. The van der Waals surface area contributed by atoms with E-state index in [0.29, 0.717) is 19.6 Å². The normalized spacial score (nSPS) is 23.0. The molecule has 0 aliphatic heterocycles. The largest absolute Gasteiger partial charge is 0.446 e. The van der Waals surface area contributed by atoms with Gasteiger partial charge in [-0.2, -0.15) is 0 Å². The minimum Gasteiger partial charge on any atom is -0.446 e. The average molecular weight is 313 g/mol. The maximum atomic E-state index is 11.8. The molecule has 0 aromatic carbocycles. The zero-order chi connectivity index (χ0) is 16.3. The van der Waals surface area contributed by atoms with Crippen LogP contribution in [0.1, 0.15) is 58.8 Å². The van der Waals surface area contributed by atoms with Crippen LogP contribution in [0, 0.1) is 0 Å². The topological polar surface area (TPSA) is 67.8 Å². The summed E-state index contributed by atoms with van der Waals surface area (Å²) in [7, 11) is 0. The van der Waals surface area contributed by atoms with Crippen LogP contribution >= 0.6 is 0 Å². The molecule has 22 heavy (non-hydrogen) atoms. The molecular weight excluding hydrogens is 282 g/mol. The quantitative estimate of drug-likeness (QED) is 0.533. The van der Waals surface area contributed by atoms with Crippen molar-refractivity contribution in [3.05, 3.63) is 12.2 Å². The highest BCUT2D eigenvalue weighted by molar-refractivity contribution is 5.67. The molecule has 0 bridgehead atoms. The van der Waals surface area contributed by atoms with E-state index < -0.39 is 0 Å². The van der Waals surface area contributed by atoms with E-state index in [4.69, 9.17) is 14.6 Å². The number of carbonyl (C=O) groups excluding carboxylic acids is 1. The highest BCUT2D eigenvalue weighted by Crippen LogP contribution is 2.19. The molecule has 0 radical (unpaired) electrons. The summed E-state index contributed by atoms with van der Waals surface area (Å²) in [6, 6.07) is 0. The van der Waals surface area contributed by atoms with Crippen LogP contribution in [0.3, 0.4) is 0 Å². The molecule has 1 aliphatic rings. The number of aliphatic hydroxyl groups is 1. The second-order valence-electron chi connectivity index (χ2n) is 6.06. The number of rotatable bonds is 8. The van der Waals surface area contributed by atoms with E-state index in [0.717, 1.165) is 38.5 Å². The van der Waals surface area contributed by atoms with Crippen molar-refractivity contribution in [2.45, 2.75) is 70.5 Å². The summed E-state index contributed by atoms with van der Waals surface area (Å²) in [5, 5.41) is 11.8. The fourth-order valence-corrected chi connectivity index (χ4v) is 2.47. The van der Waals surface area contributed by atoms with Gasteiger partial charge in [-0.15, -0.1) is 0 Å². The summed E-state index contributed by atoms with van der Waals surface area (Å²) in [5.41, 5.74) is -0.327. The number of hydrogen-bond donors (Lipinski definition) is 2. The van der Waals surface area contributed by atoms with Crippen LogP contribution in [0.2, 0.25) is 0 Å². The van der Waals surface area contributed by atoms with Gasteiger partial charge in [0.25, 0.3) is 0 Å². The van der Waals surface area contributed by atoms with Gasteiger partial charge >= 0.3 is 6.09 Å². The fraction of sp³-hybridized carbons (Fsp3) is 0.824. The van der Waals surface area contributed by atoms with Crippen LogP contribution < -0.4 is 5.32 Å². The first kappa shape index (κ1) is 19.0. The number of alkyl carbamates (subject to hydrolysis) is 1. The summed E-state index contributed by atoms with van der Waals surface area (Å²) in [6.07, 6.45) is 10.4. The summed E-state index contributed by atoms with van der Waals surface area (Å²) < 4.78 is 11.2. The maximum Gasteiger partial charge on any atom is 0.407 e. The molecular formula is C17H31NO4. The van der Waals surface area contributed by atoms with Gasteiger partial charge in [0.05, 0.1) is 12.2 Å². The predicted molar refractivity (Wildman–Crippen MR) is 86.8 cm³/mol. The average Bonchev–Trinajstić information content (AvgIpc) is 2.47. The highest BCUT2D eigenvalue weighted by Gasteiger charge is 2.22. The minimum absolute atomic E-state index is 0.0150. The molecule has 2 atom stereocenters. The SMILES string of the molecule is CCC(C)(CCO)OCCNC(=O)OC1CC/C=C/CCC1. The Labute approximate surface area is 134 Å².